The first kappa shape index (κ1) is 12.6. The van der Waals surface area contributed by atoms with Crippen LogP contribution in [0.25, 0.3) is 10.9 Å². The van der Waals surface area contributed by atoms with E-state index in [9.17, 15) is 4.79 Å². The van der Waals surface area contributed by atoms with Crippen molar-refractivity contribution in [3.8, 4) is 0 Å². The maximum Gasteiger partial charge on any atom is 0.253 e. The first-order valence-electron chi connectivity index (χ1n) is 6.19. The summed E-state index contributed by atoms with van der Waals surface area (Å²) < 4.78 is 0. The summed E-state index contributed by atoms with van der Waals surface area (Å²) in [6.07, 6.45) is 2.85. The number of aromatic amines is 1. The number of benzene rings is 1. The number of amides is 1. The van der Waals surface area contributed by atoms with Crippen LogP contribution in [-0.4, -0.2) is 43.0 Å². The van der Waals surface area contributed by atoms with Crippen molar-refractivity contribution in [2.45, 2.75) is 6.42 Å². The van der Waals surface area contributed by atoms with Crippen LogP contribution in [0.1, 0.15) is 16.8 Å². The fraction of sp³-hybridized carbons (Fsp3) is 0.357. The molecule has 2 rings (SSSR count). The zero-order chi connectivity index (χ0) is 13.0. The SMILES string of the molecule is CNCCCN(C)C(=O)c1ccc2cc[nH]c2c1. The number of carbonyl (C=O) groups is 1. The highest BCUT2D eigenvalue weighted by atomic mass is 16.2. The number of nitrogens with one attached hydrogen (secondary N) is 2. The van der Waals surface area contributed by atoms with Gasteiger partial charge in [0.2, 0.25) is 0 Å². The van der Waals surface area contributed by atoms with Crippen molar-refractivity contribution in [1.82, 2.24) is 15.2 Å². The molecular weight excluding hydrogens is 226 g/mol. The zero-order valence-corrected chi connectivity index (χ0v) is 10.9. The molecule has 18 heavy (non-hydrogen) atoms. The van der Waals surface area contributed by atoms with E-state index in [-0.39, 0.29) is 5.91 Å². The fourth-order valence-electron chi connectivity index (χ4n) is 2.00. The van der Waals surface area contributed by atoms with Crippen LogP contribution in [0.2, 0.25) is 0 Å². The van der Waals surface area contributed by atoms with E-state index in [1.165, 1.54) is 0 Å². The van der Waals surface area contributed by atoms with Crippen molar-refractivity contribution in [2.24, 2.45) is 0 Å². The molecule has 0 aliphatic rings. The van der Waals surface area contributed by atoms with Crippen LogP contribution in [0, 0.1) is 0 Å². The first-order chi connectivity index (χ1) is 8.72. The molecule has 0 unspecified atom stereocenters. The Kier molecular flexibility index (Phi) is 3.99. The number of H-pyrrole nitrogens is 1. The van der Waals surface area contributed by atoms with Gasteiger partial charge in [0.05, 0.1) is 0 Å². The summed E-state index contributed by atoms with van der Waals surface area (Å²) in [5, 5.41) is 4.21. The van der Waals surface area contributed by atoms with Gasteiger partial charge in [-0.1, -0.05) is 6.07 Å². The first-order valence-corrected chi connectivity index (χ1v) is 6.19. The maximum absolute atomic E-state index is 12.2. The molecule has 0 radical (unpaired) electrons. The minimum Gasteiger partial charge on any atom is -0.361 e. The van der Waals surface area contributed by atoms with Gasteiger partial charge >= 0.3 is 0 Å². The molecule has 0 fully saturated rings. The van der Waals surface area contributed by atoms with E-state index >= 15 is 0 Å². The Balaban J connectivity index is 2.07. The Morgan fingerprint density at radius 1 is 1.39 bits per heavy atom. The van der Waals surface area contributed by atoms with Gasteiger partial charge in [0, 0.05) is 30.9 Å². The summed E-state index contributed by atoms with van der Waals surface area (Å²) >= 11 is 0. The van der Waals surface area contributed by atoms with Gasteiger partial charge < -0.3 is 15.2 Å². The Bertz CT molecular complexity index is 533. The molecule has 0 aliphatic carbocycles. The maximum atomic E-state index is 12.2. The molecule has 0 bridgehead atoms. The fourth-order valence-corrected chi connectivity index (χ4v) is 2.00. The highest BCUT2D eigenvalue weighted by Gasteiger charge is 2.11. The Labute approximate surface area is 107 Å². The number of fused-ring (bicyclic) bond motifs is 1. The normalized spacial score (nSPS) is 10.8. The van der Waals surface area contributed by atoms with Crippen molar-refractivity contribution in [3.05, 3.63) is 36.0 Å². The molecule has 1 aromatic carbocycles. The quantitative estimate of drug-likeness (QED) is 0.790. The van der Waals surface area contributed by atoms with Gasteiger partial charge in [0.1, 0.15) is 0 Å². The summed E-state index contributed by atoms with van der Waals surface area (Å²) in [5.41, 5.74) is 1.74. The van der Waals surface area contributed by atoms with Crippen LogP contribution < -0.4 is 5.32 Å². The molecule has 2 aromatic rings. The van der Waals surface area contributed by atoms with Crippen molar-refractivity contribution in [3.63, 3.8) is 0 Å². The summed E-state index contributed by atoms with van der Waals surface area (Å²) in [7, 11) is 3.76. The third-order valence-electron chi connectivity index (χ3n) is 3.07. The molecule has 4 nitrogen and oxygen atoms in total. The van der Waals surface area contributed by atoms with Crippen LogP contribution in [0.4, 0.5) is 0 Å². The van der Waals surface area contributed by atoms with Crippen molar-refractivity contribution in [2.75, 3.05) is 27.2 Å². The second-order valence-electron chi connectivity index (χ2n) is 4.46. The molecule has 1 amide bonds. The van der Waals surface area contributed by atoms with Crippen molar-refractivity contribution >= 4 is 16.8 Å². The van der Waals surface area contributed by atoms with E-state index in [0.717, 1.165) is 36.0 Å². The summed E-state index contributed by atoms with van der Waals surface area (Å²) in [6, 6.07) is 7.76. The monoisotopic (exact) mass is 245 g/mol. The summed E-state index contributed by atoms with van der Waals surface area (Å²) in [5.74, 6) is 0.0719. The molecule has 96 valence electrons. The topological polar surface area (TPSA) is 48.1 Å². The van der Waals surface area contributed by atoms with Crippen LogP contribution in [0.15, 0.2) is 30.5 Å². The van der Waals surface area contributed by atoms with E-state index in [1.807, 2.05) is 44.6 Å². The van der Waals surface area contributed by atoms with Gasteiger partial charge in [-0.25, -0.2) is 0 Å². The number of aromatic nitrogens is 1. The van der Waals surface area contributed by atoms with Gasteiger partial charge in [0.15, 0.2) is 0 Å². The highest BCUT2D eigenvalue weighted by molar-refractivity contribution is 5.97. The molecular formula is C14H19N3O. The summed E-state index contributed by atoms with van der Waals surface area (Å²) in [4.78, 5) is 17.1. The van der Waals surface area contributed by atoms with E-state index < -0.39 is 0 Å². The van der Waals surface area contributed by atoms with Gasteiger partial charge in [0.25, 0.3) is 5.91 Å². The second-order valence-corrected chi connectivity index (χ2v) is 4.46. The number of carbonyl (C=O) groups excluding carboxylic acids is 1. The Morgan fingerprint density at radius 2 is 2.22 bits per heavy atom. The van der Waals surface area contributed by atoms with Crippen LogP contribution in [0.3, 0.4) is 0 Å². The lowest BCUT2D eigenvalue weighted by Crippen LogP contribution is -2.29. The van der Waals surface area contributed by atoms with Gasteiger partial charge in [-0.2, -0.15) is 0 Å². The highest BCUT2D eigenvalue weighted by Crippen LogP contribution is 2.15. The smallest absolute Gasteiger partial charge is 0.253 e. The Morgan fingerprint density at radius 3 is 3.00 bits per heavy atom. The lowest BCUT2D eigenvalue weighted by Gasteiger charge is -2.17. The lowest BCUT2D eigenvalue weighted by molar-refractivity contribution is 0.0794. The van der Waals surface area contributed by atoms with E-state index in [1.54, 1.807) is 4.90 Å². The molecule has 0 saturated heterocycles. The van der Waals surface area contributed by atoms with E-state index in [4.69, 9.17) is 0 Å². The molecule has 0 spiro atoms. The molecule has 1 aromatic heterocycles. The third kappa shape index (κ3) is 2.71. The van der Waals surface area contributed by atoms with E-state index in [0.29, 0.717) is 0 Å². The molecule has 1 heterocycles. The Hall–Kier alpha value is -1.81. The van der Waals surface area contributed by atoms with Crippen molar-refractivity contribution in [1.29, 1.82) is 0 Å². The van der Waals surface area contributed by atoms with Crippen LogP contribution in [0.5, 0.6) is 0 Å². The molecule has 0 atom stereocenters. The molecule has 0 aliphatic heterocycles. The lowest BCUT2D eigenvalue weighted by atomic mass is 10.1. The van der Waals surface area contributed by atoms with Crippen molar-refractivity contribution < 1.29 is 4.79 Å². The van der Waals surface area contributed by atoms with Gasteiger partial charge in [-0.05, 0) is 43.6 Å². The van der Waals surface area contributed by atoms with Gasteiger partial charge in [-0.15, -0.1) is 0 Å². The average molecular weight is 245 g/mol. The number of rotatable bonds is 5. The predicted octanol–water partition coefficient (Wildman–Crippen LogP) is 1.85. The average Bonchev–Trinajstić information content (AvgIpc) is 2.85. The molecule has 4 heteroatoms. The standard InChI is InChI=1S/C14H19N3O/c1-15-7-3-9-17(2)14(18)12-5-4-11-6-8-16-13(11)10-12/h4-6,8,10,15-16H,3,7,9H2,1-2H3. The zero-order valence-electron chi connectivity index (χ0n) is 10.9. The minimum atomic E-state index is 0.0719. The summed E-state index contributed by atoms with van der Waals surface area (Å²) in [6.45, 7) is 1.69. The molecule has 0 saturated carbocycles. The third-order valence-corrected chi connectivity index (χ3v) is 3.07. The molecule has 2 N–H and O–H groups in total. The predicted molar refractivity (Wildman–Crippen MR) is 73.8 cm³/mol. The van der Waals surface area contributed by atoms with Crippen LogP contribution in [-0.2, 0) is 0 Å². The van der Waals surface area contributed by atoms with Gasteiger partial charge in [-0.3, -0.25) is 4.79 Å². The largest absolute Gasteiger partial charge is 0.361 e. The number of hydrogen-bond acceptors (Lipinski definition) is 2. The minimum absolute atomic E-state index is 0.0719. The number of nitrogens with zero attached hydrogens (tertiary/aromatic N) is 1. The van der Waals surface area contributed by atoms with E-state index in [2.05, 4.69) is 10.3 Å². The van der Waals surface area contributed by atoms with Crippen LogP contribution >= 0.6 is 0 Å². The second kappa shape index (κ2) is 5.69. The number of hydrogen-bond donors (Lipinski definition) is 2.